The third-order valence-corrected chi connectivity index (χ3v) is 3.88. The highest BCUT2D eigenvalue weighted by molar-refractivity contribution is 9.10. The lowest BCUT2D eigenvalue weighted by molar-refractivity contribution is -0.123. The van der Waals surface area contributed by atoms with Crippen LogP contribution < -0.4 is 5.73 Å². The van der Waals surface area contributed by atoms with Gasteiger partial charge in [0.05, 0.1) is 11.5 Å². The zero-order valence-electron chi connectivity index (χ0n) is 10.1. The van der Waals surface area contributed by atoms with E-state index >= 15 is 0 Å². The van der Waals surface area contributed by atoms with Crippen molar-refractivity contribution < 1.29 is 9.59 Å². The van der Waals surface area contributed by atoms with Crippen LogP contribution in [0.3, 0.4) is 0 Å². The minimum Gasteiger partial charge on any atom is -0.369 e. The number of rotatable bonds is 2. The van der Waals surface area contributed by atoms with Crippen LogP contribution in [0.2, 0.25) is 5.15 Å². The Balaban J connectivity index is 2.19. The van der Waals surface area contributed by atoms with Gasteiger partial charge in [0.15, 0.2) is 0 Å². The summed E-state index contributed by atoms with van der Waals surface area (Å²) in [5, 5.41) is 0.161. The zero-order valence-corrected chi connectivity index (χ0v) is 12.4. The summed E-state index contributed by atoms with van der Waals surface area (Å²) in [6, 6.07) is 1.63. The van der Waals surface area contributed by atoms with E-state index in [1.54, 1.807) is 11.0 Å². The number of hydrogen-bond acceptors (Lipinski definition) is 3. The largest absolute Gasteiger partial charge is 0.369 e. The molecule has 0 spiro atoms. The van der Waals surface area contributed by atoms with E-state index < -0.39 is 0 Å². The number of halogens is 2. The lowest BCUT2D eigenvalue weighted by Gasteiger charge is -2.31. The van der Waals surface area contributed by atoms with E-state index in [2.05, 4.69) is 20.9 Å². The third kappa shape index (κ3) is 3.25. The normalized spacial score (nSPS) is 19.3. The van der Waals surface area contributed by atoms with Crippen LogP contribution in [0.4, 0.5) is 0 Å². The fourth-order valence-electron chi connectivity index (χ4n) is 2.14. The molecule has 7 heteroatoms. The quantitative estimate of drug-likeness (QED) is 0.830. The van der Waals surface area contributed by atoms with Crippen LogP contribution in [-0.4, -0.2) is 34.8 Å². The summed E-state index contributed by atoms with van der Waals surface area (Å²) >= 11 is 9.20. The van der Waals surface area contributed by atoms with Gasteiger partial charge in [-0.2, -0.15) is 0 Å². The lowest BCUT2D eigenvalue weighted by Crippen LogP contribution is -2.44. The molecule has 2 amide bonds. The molecule has 2 N–H and O–H groups in total. The minimum absolute atomic E-state index is 0.161. The molecule has 5 nitrogen and oxygen atoms in total. The number of amides is 2. The van der Waals surface area contributed by atoms with Crippen molar-refractivity contribution in [2.24, 2.45) is 11.7 Å². The first-order valence-corrected chi connectivity index (χ1v) is 7.05. The van der Waals surface area contributed by atoms with Crippen LogP contribution in [-0.2, 0) is 4.79 Å². The number of hydrogen-bond donors (Lipinski definition) is 1. The molecule has 1 aliphatic rings. The van der Waals surface area contributed by atoms with Gasteiger partial charge in [-0.25, -0.2) is 4.98 Å². The Morgan fingerprint density at radius 2 is 2.26 bits per heavy atom. The van der Waals surface area contributed by atoms with Gasteiger partial charge < -0.3 is 10.6 Å². The molecule has 1 fully saturated rings. The Hall–Kier alpha value is -1.14. The smallest absolute Gasteiger partial charge is 0.257 e. The fourth-order valence-corrected chi connectivity index (χ4v) is 2.65. The van der Waals surface area contributed by atoms with Crippen LogP contribution in [0.5, 0.6) is 0 Å². The van der Waals surface area contributed by atoms with Gasteiger partial charge in [0.2, 0.25) is 5.91 Å². The number of carbonyl (C=O) groups excluding carboxylic acids is 2. The van der Waals surface area contributed by atoms with Gasteiger partial charge in [0.1, 0.15) is 5.15 Å². The minimum atomic E-state index is -0.365. The molecule has 0 aromatic carbocycles. The molecule has 0 bridgehead atoms. The average Bonchev–Trinajstić information content (AvgIpc) is 2.41. The number of pyridine rings is 1. The van der Waals surface area contributed by atoms with Crippen molar-refractivity contribution in [2.45, 2.75) is 12.8 Å². The van der Waals surface area contributed by atoms with Gasteiger partial charge in [-0.1, -0.05) is 11.6 Å². The molecule has 1 atom stereocenters. The zero-order chi connectivity index (χ0) is 14.0. The summed E-state index contributed by atoms with van der Waals surface area (Å²) in [5.74, 6) is -0.864. The molecule has 0 aliphatic carbocycles. The number of nitrogens with two attached hydrogens (primary N) is 1. The molecule has 0 radical (unpaired) electrons. The van der Waals surface area contributed by atoms with Gasteiger partial charge in [-0.3, -0.25) is 9.59 Å². The summed E-state index contributed by atoms with van der Waals surface area (Å²) in [4.78, 5) is 29.1. The van der Waals surface area contributed by atoms with Gasteiger partial charge >= 0.3 is 0 Å². The molecule has 1 aliphatic heterocycles. The second kappa shape index (κ2) is 5.88. The lowest BCUT2D eigenvalue weighted by atomic mass is 9.97. The topological polar surface area (TPSA) is 76.3 Å². The van der Waals surface area contributed by atoms with E-state index in [4.69, 9.17) is 17.3 Å². The van der Waals surface area contributed by atoms with Crippen molar-refractivity contribution in [3.05, 3.63) is 27.5 Å². The Kier molecular flexibility index (Phi) is 4.42. The average molecular weight is 347 g/mol. The molecule has 2 heterocycles. The van der Waals surface area contributed by atoms with E-state index in [0.717, 1.165) is 12.8 Å². The van der Waals surface area contributed by atoms with Gasteiger partial charge in [-0.15, -0.1) is 0 Å². The van der Waals surface area contributed by atoms with Crippen molar-refractivity contribution in [2.75, 3.05) is 13.1 Å². The van der Waals surface area contributed by atoms with Crippen LogP contribution in [0.1, 0.15) is 23.2 Å². The summed E-state index contributed by atoms with van der Waals surface area (Å²) in [6.45, 7) is 0.947. The first-order chi connectivity index (χ1) is 8.99. The predicted molar refractivity (Wildman–Crippen MR) is 74.8 cm³/mol. The Morgan fingerprint density at radius 3 is 2.95 bits per heavy atom. The fraction of sp³-hybridized carbons (Fsp3) is 0.417. The first kappa shape index (κ1) is 14.3. The van der Waals surface area contributed by atoms with E-state index in [1.165, 1.54) is 6.20 Å². The van der Waals surface area contributed by atoms with Crippen LogP contribution >= 0.6 is 27.5 Å². The monoisotopic (exact) mass is 345 g/mol. The molecule has 1 aromatic rings. The maximum atomic E-state index is 12.4. The van der Waals surface area contributed by atoms with E-state index in [0.29, 0.717) is 23.1 Å². The number of aromatic nitrogens is 1. The number of primary amides is 1. The van der Waals surface area contributed by atoms with Crippen molar-refractivity contribution in [3.63, 3.8) is 0 Å². The maximum absolute atomic E-state index is 12.4. The molecular weight excluding hydrogens is 334 g/mol. The highest BCUT2D eigenvalue weighted by Gasteiger charge is 2.28. The number of likely N-dealkylation sites (tertiary alicyclic amines) is 1. The van der Waals surface area contributed by atoms with Gasteiger partial charge in [-0.05, 0) is 34.8 Å². The Morgan fingerprint density at radius 1 is 1.53 bits per heavy atom. The van der Waals surface area contributed by atoms with Crippen molar-refractivity contribution in [1.82, 2.24) is 9.88 Å². The number of carbonyl (C=O) groups is 2. The van der Waals surface area contributed by atoms with Crippen LogP contribution in [0.25, 0.3) is 0 Å². The number of nitrogens with zero attached hydrogens (tertiary/aromatic N) is 2. The van der Waals surface area contributed by atoms with Gasteiger partial charge in [0.25, 0.3) is 5.91 Å². The van der Waals surface area contributed by atoms with Crippen molar-refractivity contribution in [3.8, 4) is 0 Å². The van der Waals surface area contributed by atoms with Crippen LogP contribution in [0.15, 0.2) is 16.7 Å². The SMILES string of the molecule is NC(=O)C1CCCN(C(=O)c2cc(Br)cnc2Cl)C1. The Labute approximate surface area is 124 Å². The molecular formula is C12H13BrClN3O2. The van der Waals surface area contributed by atoms with E-state index in [9.17, 15) is 9.59 Å². The summed E-state index contributed by atoms with van der Waals surface area (Å²) in [6.07, 6.45) is 3.02. The van der Waals surface area contributed by atoms with Gasteiger partial charge in [0, 0.05) is 23.8 Å². The maximum Gasteiger partial charge on any atom is 0.257 e. The van der Waals surface area contributed by atoms with E-state index in [1.807, 2.05) is 0 Å². The Bertz CT molecular complexity index is 524. The number of piperidine rings is 1. The second-order valence-electron chi connectivity index (χ2n) is 4.48. The molecule has 1 saturated heterocycles. The molecule has 1 aromatic heterocycles. The molecule has 102 valence electrons. The molecule has 2 rings (SSSR count). The van der Waals surface area contributed by atoms with Crippen molar-refractivity contribution >= 4 is 39.3 Å². The third-order valence-electron chi connectivity index (χ3n) is 3.15. The van der Waals surface area contributed by atoms with Crippen LogP contribution in [0, 0.1) is 5.92 Å². The molecule has 19 heavy (non-hydrogen) atoms. The van der Waals surface area contributed by atoms with Crippen molar-refractivity contribution in [1.29, 1.82) is 0 Å². The first-order valence-electron chi connectivity index (χ1n) is 5.88. The molecule has 1 unspecified atom stereocenters. The summed E-state index contributed by atoms with van der Waals surface area (Å²) in [7, 11) is 0. The summed E-state index contributed by atoms with van der Waals surface area (Å²) in [5.41, 5.74) is 5.63. The predicted octanol–water partition coefficient (Wildman–Crippen LogP) is 1.83. The highest BCUT2D eigenvalue weighted by Crippen LogP contribution is 2.23. The van der Waals surface area contributed by atoms with E-state index in [-0.39, 0.29) is 22.9 Å². The summed E-state index contributed by atoms with van der Waals surface area (Å²) < 4.78 is 0.684. The molecule has 0 saturated carbocycles. The standard InChI is InChI=1S/C12H13BrClN3O2/c13-8-4-9(10(14)16-5-8)12(19)17-3-1-2-7(6-17)11(15)18/h4-5,7H,1-3,6H2,(H2,15,18). The second-order valence-corrected chi connectivity index (χ2v) is 5.76. The highest BCUT2D eigenvalue weighted by atomic mass is 79.9.